The maximum absolute atomic E-state index is 13.2. The van der Waals surface area contributed by atoms with Gasteiger partial charge in [-0.15, -0.1) is 0 Å². The molecular weight excluding hydrogens is 489 g/mol. The number of aliphatic hydroxyl groups is 1. The molecule has 0 fully saturated rings. The largest absolute Gasteiger partial charge is 0.390 e. The Morgan fingerprint density at radius 3 is 2.03 bits per heavy atom. The van der Waals surface area contributed by atoms with Crippen molar-refractivity contribution in [2.75, 3.05) is 16.3 Å². The summed E-state index contributed by atoms with van der Waals surface area (Å²) in [6.07, 6.45) is 0.924. The standard InChI is InChI=1S/C20H26F5N3O3S2/c1-4-19(29)20(5-2,14-9-11-15(12-10-14)33(21,22,23,24)25)27-17-7-6-8-18(16(17)13-26)28-32(3,30)31/h6-13,19,26-29H,4-5H2,1-3H3. The van der Waals surface area contributed by atoms with Crippen molar-refractivity contribution in [1.29, 1.82) is 5.41 Å². The van der Waals surface area contributed by atoms with Gasteiger partial charge in [0.2, 0.25) is 10.0 Å². The van der Waals surface area contributed by atoms with Crippen molar-refractivity contribution in [2.45, 2.75) is 43.2 Å². The lowest BCUT2D eigenvalue weighted by atomic mass is 9.80. The highest BCUT2D eigenvalue weighted by Gasteiger charge is 2.65. The molecule has 2 aromatic carbocycles. The summed E-state index contributed by atoms with van der Waals surface area (Å²) in [5.41, 5.74) is -0.906. The maximum atomic E-state index is 13.2. The topological polar surface area (TPSA) is 102 Å². The number of anilines is 2. The summed E-state index contributed by atoms with van der Waals surface area (Å²) in [4.78, 5) is -2.05. The highest BCUT2D eigenvalue weighted by molar-refractivity contribution is 8.45. The first-order chi connectivity index (χ1) is 14.9. The molecule has 4 N–H and O–H groups in total. The van der Waals surface area contributed by atoms with E-state index in [4.69, 9.17) is 5.41 Å². The number of hydrogen-bond donors (Lipinski definition) is 4. The van der Waals surface area contributed by atoms with E-state index in [0.717, 1.165) is 24.6 Å². The molecule has 33 heavy (non-hydrogen) atoms. The minimum atomic E-state index is -9.87. The first-order valence-corrected chi connectivity index (χ1v) is 13.6. The van der Waals surface area contributed by atoms with Gasteiger partial charge < -0.3 is 15.8 Å². The molecule has 0 aliphatic heterocycles. The van der Waals surface area contributed by atoms with E-state index in [1.807, 2.05) is 0 Å². The molecule has 0 bridgehead atoms. The van der Waals surface area contributed by atoms with Crippen LogP contribution in [0.4, 0.5) is 30.8 Å². The number of halogens is 5. The van der Waals surface area contributed by atoms with Crippen molar-refractivity contribution in [3.8, 4) is 0 Å². The van der Waals surface area contributed by atoms with Crippen molar-refractivity contribution in [2.24, 2.45) is 0 Å². The van der Waals surface area contributed by atoms with Crippen molar-refractivity contribution >= 4 is 37.8 Å². The number of aliphatic hydroxyl groups excluding tert-OH is 1. The molecule has 2 aromatic rings. The third-order valence-electron chi connectivity index (χ3n) is 5.23. The summed E-state index contributed by atoms with van der Waals surface area (Å²) in [6.45, 7) is 3.28. The zero-order valence-corrected chi connectivity index (χ0v) is 19.7. The van der Waals surface area contributed by atoms with Crippen LogP contribution in [0.3, 0.4) is 0 Å². The molecule has 2 atom stereocenters. The van der Waals surface area contributed by atoms with Gasteiger partial charge in [0.1, 0.15) is 4.90 Å². The normalized spacial score (nSPS) is 17.2. The SMILES string of the molecule is CCC(O)C(CC)(Nc1cccc(NS(C)(=O)=O)c1C=N)c1ccc(S(F)(F)(F)(F)F)cc1. The molecule has 2 unspecified atom stereocenters. The molecule has 0 saturated carbocycles. The Labute approximate surface area is 189 Å². The average Bonchev–Trinajstić information content (AvgIpc) is 2.69. The average molecular weight is 516 g/mol. The van der Waals surface area contributed by atoms with Crippen molar-refractivity contribution < 1.29 is 33.0 Å². The zero-order chi connectivity index (χ0) is 25.4. The second kappa shape index (κ2) is 8.13. The first kappa shape index (κ1) is 26.9. The van der Waals surface area contributed by atoms with E-state index in [0.29, 0.717) is 0 Å². The third kappa shape index (κ3) is 6.15. The minimum Gasteiger partial charge on any atom is -0.390 e. The Bertz CT molecular complexity index is 1140. The van der Waals surface area contributed by atoms with Crippen LogP contribution in [-0.2, 0) is 15.6 Å². The van der Waals surface area contributed by atoms with Gasteiger partial charge in [0.25, 0.3) is 0 Å². The number of nitrogens with one attached hydrogen (secondary N) is 3. The van der Waals surface area contributed by atoms with E-state index in [-0.39, 0.29) is 47.5 Å². The van der Waals surface area contributed by atoms with E-state index >= 15 is 0 Å². The molecule has 13 heteroatoms. The van der Waals surface area contributed by atoms with Gasteiger partial charge in [0, 0.05) is 17.5 Å². The number of sulfonamides is 1. The van der Waals surface area contributed by atoms with E-state index in [9.17, 15) is 33.0 Å². The van der Waals surface area contributed by atoms with Crippen LogP contribution in [0.2, 0.25) is 0 Å². The van der Waals surface area contributed by atoms with Crippen LogP contribution in [-0.4, -0.2) is 32.1 Å². The van der Waals surface area contributed by atoms with Gasteiger partial charge in [-0.2, -0.15) is 0 Å². The molecule has 0 amide bonds. The van der Waals surface area contributed by atoms with E-state index < -0.39 is 36.8 Å². The Hall–Kier alpha value is -2.38. The minimum absolute atomic E-state index is 0.0738. The summed E-state index contributed by atoms with van der Waals surface area (Å²) in [7, 11) is -13.6. The molecule has 0 aliphatic rings. The molecule has 0 radical (unpaired) electrons. The van der Waals surface area contributed by atoms with Crippen LogP contribution in [0.5, 0.6) is 0 Å². The molecule has 0 heterocycles. The molecule has 0 aromatic heterocycles. The first-order valence-electron chi connectivity index (χ1n) is 9.79. The van der Waals surface area contributed by atoms with E-state index in [2.05, 4.69) is 10.0 Å². The van der Waals surface area contributed by atoms with Crippen LogP contribution < -0.4 is 10.0 Å². The second-order valence-electron chi connectivity index (χ2n) is 7.65. The summed E-state index contributed by atoms with van der Waals surface area (Å²) >= 11 is 0. The van der Waals surface area contributed by atoms with Crippen LogP contribution in [0.1, 0.15) is 37.8 Å². The molecule has 0 spiro atoms. The zero-order valence-electron chi connectivity index (χ0n) is 18.1. The number of rotatable bonds is 10. The van der Waals surface area contributed by atoms with Crippen LogP contribution in [0.25, 0.3) is 0 Å². The van der Waals surface area contributed by atoms with Crippen LogP contribution in [0, 0.1) is 5.41 Å². The molecule has 6 nitrogen and oxygen atoms in total. The van der Waals surface area contributed by atoms with Gasteiger partial charge in [0.05, 0.1) is 23.6 Å². The second-order valence-corrected chi connectivity index (χ2v) is 11.8. The molecule has 0 aliphatic carbocycles. The van der Waals surface area contributed by atoms with Gasteiger partial charge in [-0.05, 0) is 42.7 Å². The van der Waals surface area contributed by atoms with Crippen molar-refractivity contribution in [3.05, 3.63) is 53.6 Å². The van der Waals surface area contributed by atoms with Gasteiger partial charge in [-0.3, -0.25) is 4.72 Å². The van der Waals surface area contributed by atoms with E-state index in [1.165, 1.54) is 18.2 Å². The smallest absolute Gasteiger partial charge is 0.310 e. The lowest BCUT2D eigenvalue weighted by Crippen LogP contribution is -2.46. The number of benzene rings is 2. The summed E-state index contributed by atoms with van der Waals surface area (Å²) in [5.74, 6) is 0. The monoisotopic (exact) mass is 515 g/mol. The molecule has 2 rings (SSSR count). The Balaban J connectivity index is 2.66. The lowest BCUT2D eigenvalue weighted by Gasteiger charge is -2.42. The predicted octanol–water partition coefficient (Wildman–Crippen LogP) is 6.20. The van der Waals surface area contributed by atoms with Gasteiger partial charge >= 0.3 is 10.2 Å². The fourth-order valence-corrected chi connectivity index (χ4v) is 4.82. The van der Waals surface area contributed by atoms with Crippen molar-refractivity contribution in [1.82, 2.24) is 0 Å². The summed E-state index contributed by atoms with van der Waals surface area (Å²) in [6, 6.07) is 6.73. The Morgan fingerprint density at radius 2 is 1.61 bits per heavy atom. The van der Waals surface area contributed by atoms with Gasteiger partial charge in [-0.1, -0.05) is 51.5 Å². The highest BCUT2D eigenvalue weighted by Crippen LogP contribution is 3.02. The van der Waals surface area contributed by atoms with Crippen LogP contribution >= 0.6 is 10.2 Å². The fraction of sp³-hybridized carbons (Fsp3) is 0.350. The molecular formula is C20H26F5N3O3S2. The van der Waals surface area contributed by atoms with E-state index in [1.54, 1.807) is 13.8 Å². The number of hydrogen-bond acceptors (Lipinski definition) is 5. The predicted molar refractivity (Wildman–Crippen MR) is 123 cm³/mol. The molecule has 186 valence electrons. The molecule has 0 saturated heterocycles. The summed E-state index contributed by atoms with van der Waals surface area (Å²) in [5, 5.41) is 21.6. The quantitative estimate of drug-likeness (QED) is 0.223. The highest BCUT2D eigenvalue weighted by atomic mass is 32.5. The summed E-state index contributed by atoms with van der Waals surface area (Å²) < 4.78 is 91.4. The van der Waals surface area contributed by atoms with Crippen LogP contribution in [0.15, 0.2) is 47.4 Å². The van der Waals surface area contributed by atoms with Crippen molar-refractivity contribution in [3.63, 3.8) is 0 Å². The Kier molecular flexibility index (Phi) is 6.62. The third-order valence-corrected chi connectivity index (χ3v) is 6.99. The fourth-order valence-electron chi connectivity index (χ4n) is 3.59. The Morgan fingerprint density at radius 1 is 1.06 bits per heavy atom. The van der Waals surface area contributed by atoms with Gasteiger partial charge in [-0.25, -0.2) is 8.42 Å². The maximum Gasteiger partial charge on any atom is 0.310 e. The lowest BCUT2D eigenvalue weighted by molar-refractivity contribution is 0.0885. The van der Waals surface area contributed by atoms with Gasteiger partial charge in [0.15, 0.2) is 0 Å².